The molecule has 8 nitrogen and oxygen atoms in total. The fraction of sp³-hybridized carbons (Fsp3) is 0.280. The number of nitrogens with two attached hydrogens (primary N) is 1. The number of anilines is 1. The Bertz CT molecular complexity index is 1150. The van der Waals surface area contributed by atoms with Crippen molar-refractivity contribution in [3.8, 4) is 11.8 Å². The summed E-state index contributed by atoms with van der Waals surface area (Å²) < 4.78 is 4.94. The number of nitrogens with one attached hydrogen (secondary N) is 1. The molecule has 1 aliphatic heterocycles. The summed E-state index contributed by atoms with van der Waals surface area (Å²) in [7, 11) is 0. The fourth-order valence-electron chi connectivity index (χ4n) is 3.51. The Balaban J connectivity index is 1.90. The van der Waals surface area contributed by atoms with E-state index in [1.165, 1.54) is 4.90 Å². The van der Waals surface area contributed by atoms with Crippen LogP contribution >= 0.6 is 0 Å². The van der Waals surface area contributed by atoms with Gasteiger partial charge in [-0.2, -0.15) is 0 Å². The van der Waals surface area contributed by atoms with Gasteiger partial charge >= 0.3 is 5.97 Å². The summed E-state index contributed by atoms with van der Waals surface area (Å²) >= 11 is 0. The summed E-state index contributed by atoms with van der Waals surface area (Å²) in [5.74, 6) is 5.12. The number of amides is 2. The van der Waals surface area contributed by atoms with E-state index in [1.54, 1.807) is 54.3 Å². The van der Waals surface area contributed by atoms with Gasteiger partial charge in [0.2, 0.25) is 5.91 Å². The van der Waals surface area contributed by atoms with E-state index in [0.29, 0.717) is 28.9 Å². The maximum atomic E-state index is 13.3. The molecule has 0 spiro atoms. The molecule has 1 heterocycles. The van der Waals surface area contributed by atoms with Gasteiger partial charge in [-0.15, -0.1) is 0 Å². The van der Waals surface area contributed by atoms with Crippen molar-refractivity contribution >= 4 is 29.3 Å². The molecule has 2 aromatic carbocycles. The smallest absolute Gasteiger partial charge is 0.307 e. The molecule has 0 fully saturated rings. The summed E-state index contributed by atoms with van der Waals surface area (Å²) in [6, 6.07) is 12.2. The van der Waals surface area contributed by atoms with E-state index >= 15 is 0 Å². The number of benzene rings is 2. The van der Waals surface area contributed by atoms with Crippen molar-refractivity contribution in [1.29, 1.82) is 5.41 Å². The number of fused-ring (bicyclic) bond motifs is 1. The second-order valence-corrected chi connectivity index (χ2v) is 7.39. The fourth-order valence-corrected chi connectivity index (χ4v) is 3.51. The second-order valence-electron chi connectivity index (χ2n) is 7.39. The van der Waals surface area contributed by atoms with Crippen molar-refractivity contribution < 1.29 is 19.1 Å². The second kappa shape index (κ2) is 10.5. The highest BCUT2D eigenvalue weighted by Crippen LogP contribution is 2.27. The van der Waals surface area contributed by atoms with Gasteiger partial charge in [0.1, 0.15) is 12.4 Å². The molecular weight excluding hydrogens is 420 g/mol. The molecule has 2 amide bonds. The molecule has 3 rings (SSSR count). The number of amidine groups is 1. The summed E-state index contributed by atoms with van der Waals surface area (Å²) in [5.41, 5.74) is 8.34. The first-order valence-electron chi connectivity index (χ1n) is 10.7. The molecule has 0 unspecified atom stereocenters. The van der Waals surface area contributed by atoms with Gasteiger partial charge in [0.25, 0.3) is 5.91 Å². The van der Waals surface area contributed by atoms with E-state index in [-0.39, 0.29) is 43.8 Å². The van der Waals surface area contributed by atoms with Gasteiger partial charge in [0.05, 0.1) is 24.3 Å². The summed E-state index contributed by atoms with van der Waals surface area (Å²) in [4.78, 5) is 40.7. The van der Waals surface area contributed by atoms with E-state index in [1.807, 2.05) is 6.92 Å². The Kier molecular flexibility index (Phi) is 7.46. The zero-order valence-corrected chi connectivity index (χ0v) is 18.7. The molecule has 33 heavy (non-hydrogen) atoms. The number of hydrogen-bond donors (Lipinski definition) is 2. The molecule has 1 aliphatic rings. The molecule has 8 heteroatoms. The molecule has 170 valence electrons. The van der Waals surface area contributed by atoms with E-state index in [4.69, 9.17) is 15.9 Å². The standard InChI is InChI=1S/C25H26N4O4/c1-3-29-21-12-9-18(6-5-17-7-10-19(11-8-17)24(26)27)15-20(21)25(32)28(16-22(29)30)14-13-23(31)33-4-2/h7-12,15H,3-4,13-14,16H2,1-2H3,(H3,26,27). The van der Waals surface area contributed by atoms with Gasteiger partial charge in [-0.25, -0.2) is 0 Å². The van der Waals surface area contributed by atoms with Crippen molar-refractivity contribution in [2.45, 2.75) is 20.3 Å². The highest BCUT2D eigenvalue weighted by atomic mass is 16.5. The quantitative estimate of drug-likeness (QED) is 0.305. The first-order valence-corrected chi connectivity index (χ1v) is 10.7. The molecule has 0 aliphatic carbocycles. The third kappa shape index (κ3) is 5.57. The molecule has 0 bridgehead atoms. The largest absolute Gasteiger partial charge is 0.466 e. The molecule has 0 saturated carbocycles. The summed E-state index contributed by atoms with van der Waals surface area (Å²) in [6.45, 7) is 4.23. The summed E-state index contributed by atoms with van der Waals surface area (Å²) in [6.07, 6.45) is 0.0179. The predicted octanol–water partition coefficient (Wildman–Crippen LogP) is 2.13. The van der Waals surface area contributed by atoms with Crippen molar-refractivity contribution in [3.05, 3.63) is 64.7 Å². The average molecular weight is 447 g/mol. The lowest BCUT2D eigenvalue weighted by Crippen LogP contribution is -2.40. The number of ether oxygens (including phenoxy) is 1. The van der Waals surface area contributed by atoms with Gasteiger partial charge in [-0.05, 0) is 44.2 Å². The number of carbonyl (C=O) groups is 3. The van der Waals surface area contributed by atoms with Crippen molar-refractivity contribution in [2.75, 3.05) is 31.1 Å². The van der Waals surface area contributed by atoms with Crippen LogP contribution in [0.25, 0.3) is 0 Å². The zero-order valence-electron chi connectivity index (χ0n) is 18.7. The number of nitrogen functional groups attached to an aromatic ring is 1. The van der Waals surface area contributed by atoms with Gasteiger partial charge in [0, 0.05) is 29.8 Å². The van der Waals surface area contributed by atoms with E-state index < -0.39 is 5.97 Å². The molecular formula is C25H26N4O4. The topological polar surface area (TPSA) is 117 Å². The third-order valence-corrected chi connectivity index (χ3v) is 5.19. The predicted molar refractivity (Wildman–Crippen MR) is 125 cm³/mol. The highest BCUT2D eigenvalue weighted by molar-refractivity contribution is 6.09. The first kappa shape index (κ1) is 23.5. The molecule has 3 N–H and O–H groups in total. The number of hydrogen-bond acceptors (Lipinski definition) is 5. The Labute approximate surface area is 192 Å². The Morgan fingerprint density at radius 2 is 1.76 bits per heavy atom. The lowest BCUT2D eigenvalue weighted by atomic mass is 10.1. The number of rotatable bonds is 6. The maximum absolute atomic E-state index is 13.3. The van der Waals surface area contributed by atoms with Crippen LogP contribution in [0, 0.1) is 17.3 Å². The van der Waals surface area contributed by atoms with Crippen LogP contribution in [0.3, 0.4) is 0 Å². The normalized spacial score (nSPS) is 13.0. The molecule has 0 radical (unpaired) electrons. The minimum absolute atomic E-state index is 0.0127. The van der Waals surface area contributed by atoms with Crippen LogP contribution in [-0.4, -0.2) is 54.8 Å². The van der Waals surface area contributed by atoms with Crippen molar-refractivity contribution in [2.24, 2.45) is 5.73 Å². The van der Waals surface area contributed by atoms with Crippen LogP contribution in [-0.2, 0) is 14.3 Å². The Hall–Kier alpha value is -4.12. The SMILES string of the molecule is CCOC(=O)CCN1CC(=O)N(CC)c2ccc(C#Cc3ccc(C(=N)N)cc3)cc2C1=O. The van der Waals surface area contributed by atoms with Crippen LogP contribution < -0.4 is 10.6 Å². The Morgan fingerprint density at radius 1 is 1.09 bits per heavy atom. The zero-order chi connectivity index (χ0) is 24.0. The van der Waals surface area contributed by atoms with E-state index in [2.05, 4.69) is 11.8 Å². The number of esters is 1. The number of nitrogens with zero attached hydrogens (tertiary/aromatic N) is 2. The average Bonchev–Trinajstić information content (AvgIpc) is 2.90. The van der Waals surface area contributed by atoms with Crippen LogP contribution in [0.4, 0.5) is 5.69 Å². The highest BCUT2D eigenvalue weighted by Gasteiger charge is 2.31. The monoisotopic (exact) mass is 446 g/mol. The van der Waals surface area contributed by atoms with Crippen LogP contribution in [0.15, 0.2) is 42.5 Å². The molecule has 2 aromatic rings. The number of likely N-dealkylation sites (N-methyl/N-ethyl adjacent to an activating group) is 1. The van der Waals surface area contributed by atoms with Crippen LogP contribution in [0.2, 0.25) is 0 Å². The minimum Gasteiger partial charge on any atom is -0.466 e. The van der Waals surface area contributed by atoms with Gasteiger partial charge in [0.15, 0.2) is 0 Å². The Morgan fingerprint density at radius 3 is 2.39 bits per heavy atom. The lowest BCUT2D eigenvalue weighted by Gasteiger charge is -2.21. The molecule has 0 aromatic heterocycles. The minimum atomic E-state index is -0.412. The first-order chi connectivity index (χ1) is 15.8. The maximum Gasteiger partial charge on any atom is 0.307 e. The van der Waals surface area contributed by atoms with Crippen LogP contribution in [0.5, 0.6) is 0 Å². The van der Waals surface area contributed by atoms with E-state index in [9.17, 15) is 14.4 Å². The van der Waals surface area contributed by atoms with Crippen molar-refractivity contribution in [3.63, 3.8) is 0 Å². The molecule has 0 atom stereocenters. The van der Waals surface area contributed by atoms with Gasteiger partial charge in [-0.3, -0.25) is 19.8 Å². The van der Waals surface area contributed by atoms with Crippen molar-refractivity contribution in [1.82, 2.24) is 4.90 Å². The van der Waals surface area contributed by atoms with Crippen LogP contribution in [0.1, 0.15) is 47.3 Å². The van der Waals surface area contributed by atoms with E-state index in [0.717, 1.165) is 5.56 Å². The van der Waals surface area contributed by atoms with Gasteiger partial charge < -0.3 is 20.3 Å². The third-order valence-electron chi connectivity index (χ3n) is 5.19. The number of carbonyl (C=O) groups excluding carboxylic acids is 3. The summed E-state index contributed by atoms with van der Waals surface area (Å²) in [5, 5.41) is 7.46. The lowest BCUT2D eigenvalue weighted by molar-refractivity contribution is -0.143. The molecule has 0 saturated heterocycles. The van der Waals surface area contributed by atoms with Gasteiger partial charge in [-0.1, -0.05) is 24.0 Å².